The highest BCUT2D eigenvalue weighted by Crippen LogP contribution is 2.37. The fraction of sp³-hybridized carbons (Fsp3) is 0.526. The molecular formula is C19H24N4O2. The molecule has 132 valence electrons. The zero-order chi connectivity index (χ0) is 17.8. The number of terminal acetylenes is 1. The average molecular weight is 340 g/mol. The summed E-state index contributed by atoms with van der Waals surface area (Å²) in [6, 6.07) is 3.55. The number of carbonyl (C=O) groups excluding carboxylic acids is 2. The van der Waals surface area contributed by atoms with Crippen molar-refractivity contribution in [2.75, 3.05) is 39.8 Å². The van der Waals surface area contributed by atoms with Crippen LogP contribution in [0.2, 0.25) is 0 Å². The zero-order valence-electron chi connectivity index (χ0n) is 14.6. The van der Waals surface area contributed by atoms with E-state index in [1.807, 2.05) is 17.0 Å². The number of carbonyl (C=O) groups is 2. The summed E-state index contributed by atoms with van der Waals surface area (Å²) in [5.41, 5.74) is 0.918. The Morgan fingerprint density at radius 2 is 2.12 bits per heavy atom. The minimum Gasteiger partial charge on any atom is -0.340 e. The molecule has 0 spiro atoms. The second-order valence-electron chi connectivity index (χ2n) is 6.67. The molecule has 0 N–H and O–H groups in total. The minimum atomic E-state index is -0.334. The van der Waals surface area contributed by atoms with Crippen LogP contribution in [0.15, 0.2) is 24.5 Å². The number of likely N-dealkylation sites (tertiary alicyclic amines) is 1. The molecule has 2 atom stereocenters. The number of hydrogen-bond donors (Lipinski definition) is 0. The first-order valence-corrected chi connectivity index (χ1v) is 8.72. The second-order valence-corrected chi connectivity index (χ2v) is 6.67. The molecule has 0 unspecified atom stereocenters. The SMILES string of the molecule is C#CCCN1CCN(C(=O)[C@@H]2CC(=O)N(C)[C@@H]2c2cccnc2)CC1. The fourth-order valence-corrected chi connectivity index (χ4v) is 3.75. The highest BCUT2D eigenvalue weighted by Gasteiger charge is 2.44. The number of amides is 2. The van der Waals surface area contributed by atoms with Gasteiger partial charge in [0, 0.05) is 65.0 Å². The van der Waals surface area contributed by atoms with Crippen molar-refractivity contribution < 1.29 is 9.59 Å². The Balaban J connectivity index is 1.69. The van der Waals surface area contributed by atoms with Gasteiger partial charge in [-0.05, 0) is 11.6 Å². The van der Waals surface area contributed by atoms with Gasteiger partial charge >= 0.3 is 0 Å². The van der Waals surface area contributed by atoms with Gasteiger partial charge in [0.25, 0.3) is 0 Å². The standard InChI is InChI=1S/C19H24N4O2/c1-3-4-8-22-9-11-23(12-10-22)19(25)16-13-17(24)21(2)18(16)15-6-5-7-20-14-15/h1,5-7,14,16,18H,4,8-13H2,2H3/t16-,18-/m1/s1. The Bertz CT molecular complexity index is 662. The normalized spacial score (nSPS) is 24.4. The van der Waals surface area contributed by atoms with Crippen LogP contribution in [0.4, 0.5) is 0 Å². The summed E-state index contributed by atoms with van der Waals surface area (Å²) in [4.78, 5) is 35.3. The molecule has 3 heterocycles. The first kappa shape index (κ1) is 17.4. The predicted molar refractivity (Wildman–Crippen MR) is 94.3 cm³/mol. The monoisotopic (exact) mass is 340 g/mol. The molecule has 2 saturated heterocycles. The van der Waals surface area contributed by atoms with E-state index in [-0.39, 0.29) is 30.2 Å². The third-order valence-corrected chi connectivity index (χ3v) is 5.19. The second kappa shape index (κ2) is 7.66. The lowest BCUT2D eigenvalue weighted by Crippen LogP contribution is -2.50. The van der Waals surface area contributed by atoms with Crippen molar-refractivity contribution in [3.63, 3.8) is 0 Å². The van der Waals surface area contributed by atoms with E-state index in [0.29, 0.717) is 13.1 Å². The van der Waals surface area contributed by atoms with Crippen LogP contribution in [0.3, 0.4) is 0 Å². The molecule has 0 aliphatic carbocycles. The van der Waals surface area contributed by atoms with E-state index >= 15 is 0 Å². The van der Waals surface area contributed by atoms with Gasteiger partial charge in [-0.25, -0.2) is 0 Å². The van der Waals surface area contributed by atoms with E-state index in [9.17, 15) is 9.59 Å². The molecule has 0 saturated carbocycles. The number of rotatable bonds is 4. The molecule has 2 fully saturated rings. The Labute approximate surface area is 148 Å². The van der Waals surface area contributed by atoms with E-state index < -0.39 is 0 Å². The molecule has 0 aromatic carbocycles. The maximum atomic E-state index is 13.1. The van der Waals surface area contributed by atoms with Gasteiger partial charge in [-0.15, -0.1) is 12.3 Å². The molecule has 2 amide bonds. The third kappa shape index (κ3) is 3.67. The lowest BCUT2D eigenvalue weighted by atomic mass is 9.93. The first-order valence-electron chi connectivity index (χ1n) is 8.72. The van der Waals surface area contributed by atoms with E-state index in [1.54, 1.807) is 24.3 Å². The number of nitrogens with zero attached hydrogens (tertiary/aromatic N) is 4. The zero-order valence-corrected chi connectivity index (χ0v) is 14.6. The van der Waals surface area contributed by atoms with Crippen LogP contribution in [-0.2, 0) is 9.59 Å². The molecule has 6 nitrogen and oxygen atoms in total. The summed E-state index contributed by atoms with van der Waals surface area (Å²) in [6.07, 6.45) is 9.77. The topological polar surface area (TPSA) is 56.8 Å². The number of aromatic nitrogens is 1. The summed E-state index contributed by atoms with van der Waals surface area (Å²) < 4.78 is 0. The van der Waals surface area contributed by atoms with E-state index in [1.165, 1.54) is 0 Å². The number of pyridine rings is 1. The van der Waals surface area contributed by atoms with Gasteiger partial charge in [-0.1, -0.05) is 6.07 Å². The van der Waals surface area contributed by atoms with Crippen molar-refractivity contribution in [2.45, 2.75) is 18.9 Å². The highest BCUT2D eigenvalue weighted by molar-refractivity contribution is 5.90. The van der Waals surface area contributed by atoms with E-state index in [0.717, 1.165) is 31.6 Å². The molecule has 1 aromatic heterocycles. The minimum absolute atomic E-state index is 0.0138. The molecule has 1 aromatic rings. The Hall–Kier alpha value is -2.39. The van der Waals surface area contributed by atoms with Gasteiger partial charge in [0.1, 0.15) is 0 Å². The van der Waals surface area contributed by atoms with Crippen LogP contribution < -0.4 is 0 Å². The summed E-state index contributed by atoms with van der Waals surface area (Å²) in [7, 11) is 1.77. The van der Waals surface area contributed by atoms with Gasteiger partial charge in [-0.2, -0.15) is 0 Å². The summed E-state index contributed by atoms with van der Waals surface area (Å²) >= 11 is 0. The molecule has 2 aliphatic heterocycles. The lowest BCUT2D eigenvalue weighted by Gasteiger charge is -2.36. The van der Waals surface area contributed by atoms with E-state index in [2.05, 4.69) is 15.8 Å². The maximum Gasteiger partial charge on any atom is 0.228 e. The van der Waals surface area contributed by atoms with Crippen LogP contribution in [0.25, 0.3) is 0 Å². The number of piperazine rings is 1. The van der Waals surface area contributed by atoms with Crippen LogP contribution in [0.5, 0.6) is 0 Å². The van der Waals surface area contributed by atoms with E-state index in [4.69, 9.17) is 6.42 Å². The summed E-state index contributed by atoms with van der Waals surface area (Å²) in [5, 5.41) is 0. The molecular weight excluding hydrogens is 316 g/mol. The Morgan fingerprint density at radius 3 is 2.76 bits per heavy atom. The Morgan fingerprint density at radius 1 is 1.36 bits per heavy atom. The highest BCUT2D eigenvalue weighted by atomic mass is 16.2. The van der Waals surface area contributed by atoms with Crippen molar-refractivity contribution in [3.8, 4) is 12.3 Å². The van der Waals surface area contributed by atoms with Gasteiger partial charge in [-0.3, -0.25) is 19.5 Å². The molecule has 2 aliphatic rings. The van der Waals surface area contributed by atoms with Crippen molar-refractivity contribution in [3.05, 3.63) is 30.1 Å². The van der Waals surface area contributed by atoms with Gasteiger partial charge in [0.05, 0.1) is 12.0 Å². The van der Waals surface area contributed by atoms with Crippen LogP contribution in [0, 0.1) is 18.3 Å². The van der Waals surface area contributed by atoms with Gasteiger partial charge in [0.2, 0.25) is 11.8 Å². The summed E-state index contributed by atoms with van der Waals surface area (Å²) in [6.45, 7) is 3.93. The maximum absolute atomic E-state index is 13.1. The molecule has 25 heavy (non-hydrogen) atoms. The molecule has 6 heteroatoms. The van der Waals surface area contributed by atoms with Crippen LogP contribution in [-0.4, -0.2) is 71.3 Å². The molecule has 3 rings (SSSR count). The third-order valence-electron chi connectivity index (χ3n) is 5.19. The largest absolute Gasteiger partial charge is 0.340 e. The fourth-order valence-electron chi connectivity index (χ4n) is 3.75. The van der Waals surface area contributed by atoms with Crippen LogP contribution in [0.1, 0.15) is 24.4 Å². The molecule has 0 bridgehead atoms. The predicted octanol–water partition coefficient (Wildman–Crippen LogP) is 0.768. The number of hydrogen-bond acceptors (Lipinski definition) is 4. The van der Waals surface area contributed by atoms with Crippen molar-refractivity contribution in [1.82, 2.24) is 19.7 Å². The Kier molecular flexibility index (Phi) is 5.34. The van der Waals surface area contributed by atoms with Crippen LogP contribution >= 0.6 is 0 Å². The van der Waals surface area contributed by atoms with Crippen molar-refractivity contribution >= 4 is 11.8 Å². The first-order chi connectivity index (χ1) is 12.1. The lowest BCUT2D eigenvalue weighted by molar-refractivity contribution is -0.138. The van der Waals surface area contributed by atoms with Crippen molar-refractivity contribution in [2.24, 2.45) is 5.92 Å². The van der Waals surface area contributed by atoms with Crippen molar-refractivity contribution in [1.29, 1.82) is 0 Å². The average Bonchev–Trinajstić information content (AvgIpc) is 2.95. The van der Waals surface area contributed by atoms with Gasteiger partial charge in [0.15, 0.2) is 0 Å². The smallest absolute Gasteiger partial charge is 0.228 e. The molecule has 0 radical (unpaired) electrons. The van der Waals surface area contributed by atoms with Gasteiger partial charge < -0.3 is 9.80 Å². The quantitative estimate of drug-likeness (QED) is 0.760. The summed E-state index contributed by atoms with van der Waals surface area (Å²) in [5.74, 6) is 2.41.